The fourth-order valence-corrected chi connectivity index (χ4v) is 2.16. The number of ether oxygens (including phenoxy) is 1. The summed E-state index contributed by atoms with van der Waals surface area (Å²) in [6.07, 6.45) is 4.18. The van der Waals surface area contributed by atoms with Gasteiger partial charge in [-0.05, 0) is 42.5 Å². The summed E-state index contributed by atoms with van der Waals surface area (Å²) in [7, 11) is 1.41. The van der Waals surface area contributed by atoms with Gasteiger partial charge in [0.05, 0.1) is 18.2 Å². The zero-order valence-corrected chi connectivity index (χ0v) is 9.64. The van der Waals surface area contributed by atoms with E-state index in [-0.39, 0.29) is 5.97 Å². The molecule has 0 bridgehead atoms. The van der Waals surface area contributed by atoms with Gasteiger partial charge in [-0.2, -0.15) is 0 Å². The number of carbonyl (C=O) groups excluding carboxylic acids is 1. The number of esters is 1. The van der Waals surface area contributed by atoms with Crippen LogP contribution in [0, 0.1) is 0 Å². The summed E-state index contributed by atoms with van der Waals surface area (Å²) >= 11 is 0. The van der Waals surface area contributed by atoms with Crippen LogP contribution in [0.2, 0.25) is 0 Å². The minimum absolute atomic E-state index is 0.280. The molecular weight excluding hydrogens is 214 g/mol. The third-order valence-corrected chi connectivity index (χ3v) is 3.17. The third kappa shape index (κ3) is 1.78. The number of hydrogen-bond donors (Lipinski definition) is 0. The standard InChI is InChI=1S/C14H13NO2/c1-17-14(16)11-7-10-3-2-6-15-13(10)12(8-11)9-4-5-9/h2-3,6-9H,4-5H2,1H3. The van der Waals surface area contributed by atoms with E-state index >= 15 is 0 Å². The predicted molar refractivity (Wildman–Crippen MR) is 65.1 cm³/mol. The Morgan fingerprint density at radius 2 is 2.24 bits per heavy atom. The molecule has 0 radical (unpaired) electrons. The Morgan fingerprint density at radius 3 is 2.94 bits per heavy atom. The number of pyridine rings is 1. The van der Waals surface area contributed by atoms with Crippen molar-refractivity contribution in [2.24, 2.45) is 0 Å². The monoisotopic (exact) mass is 227 g/mol. The molecule has 1 heterocycles. The van der Waals surface area contributed by atoms with E-state index in [9.17, 15) is 4.79 Å². The normalized spacial score (nSPS) is 14.9. The van der Waals surface area contributed by atoms with Gasteiger partial charge in [-0.15, -0.1) is 0 Å². The molecule has 2 aromatic rings. The summed E-state index contributed by atoms with van der Waals surface area (Å²) in [6.45, 7) is 0. The first kappa shape index (κ1) is 10.3. The van der Waals surface area contributed by atoms with Gasteiger partial charge in [0.15, 0.2) is 0 Å². The average molecular weight is 227 g/mol. The fraction of sp³-hybridized carbons (Fsp3) is 0.286. The molecule has 3 nitrogen and oxygen atoms in total. The number of methoxy groups -OCH3 is 1. The molecule has 1 saturated carbocycles. The molecule has 3 heteroatoms. The fourth-order valence-electron chi connectivity index (χ4n) is 2.16. The minimum Gasteiger partial charge on any atom is -0.465 e. The summed E-state index contributed by atoms with van der Waals surface area (Å²) in [5.74, 6) is 0.287. The maximum Gasteiger partial charge on any atom is 0.337 e. The first-order chi connectivity index (χ1) is 8.29. The minimum atomic E-state index is -0.280. The molecule has 1 aromatic heterocycles. The number of rotatable bonds is 2. The molecule has 0 N–H and O–H groups in total. The van der Waals surface area contributed by atoms with Crippen LogP contribution in [0.4, 0.5) is 0 Å². The van der Waals surface area contributed by atoms with Crippen molar-refractivity contribution in [1.82, 2.24) is 4.98 Å². The number of fused-ring (bicyclic) bond motifs is 1. The van der Waals surface area contributed by atoms with Gasteiger partial charge in [-0.25, -0.2) is 4.79 Å². The van der Waals surface area contributed by atoms with Crippen molar-refractivity contribution < 1.29 is 9.53 Å². The lowest BCUT2D eigenvalue weighted by atomic mass is 10.0. The smallest absolute Gasteiger partial charge is 0.337 e. The molecule has 1 fully saturated rings. The average Bonchev–Trinajstić information content (AvgIpc) is 3.20. The summed E-state index contributed by atoms with van der Waals surface area (Å²) in [5.41, 5.74) is 2.82. The van der Waals surface area contributed by atoms with Crippen molar-refractivity contribution in [3.05, 3.63) is 41.6 Å². The Hall–Kier alpha value is -1.90. The first-order valence-corrected chi connectivity index (χ1v) is 5.76. The zero-order valence-electron chi connectivity index (χ0n) is 9.64. The van der Waals surface area contributed by atoms with Crippen LogP contribution in [0.5, 0.6) is 0 Å². The molecule has 17 heavy (non-hydrogen) atoms. The van der Waals surface area contributed by atoms with Gasteiger partial charge in [0.1, 0.15) is 0 Å². The maximum atomic E-state index is 11.6. The van der Waals surface area contributed by atoms with E-state index in [1.807, 2.05) is 24.3 Å². The van der Waals surface area contributed by atoms with Crippen LogP contribution in [0.3, 0.4) is 0 Å². The van der Waals surface area contributed by atoms with E-state index in [4.69, 9.17) is 4.74 Å². The van der Waals surface area contributed by atoms with Gasteiger partial charge in [-0.1, -0.05) is 6.07 Å². The Bertz CT molecular complexity index is 588. The maximum absolute atomic E-state index is 11.6. The van der Waals surface area contributed by atoms with Crippen LogP contribution >= 0.6 is 0 Å². The highest BCUT2D eigenvalue weighted by Crippen LogP contribution is 2.43. The predicted octanol–water partition coefficient (Wildman–Crippen LogP) is 2.90. The van der Waals surface area contributed by atoms with E-state index in [2.05, 4.69) is 4.98 Å². The molecule has 0 atom stereocenters. The number of nitrogens with zero attached hydrogens (tertiary/aromatic N) is 1. The largest absolute Gasteiger partial charge is 0.465 e. The number of hydrogen-bond acceptors (Lipinski definition) is 3. The summed E-state index contributed by atoms with van der Waals surface area (Å²) in [4.78, 5) is 16.0. The molecule has 1 aliphatic carbocycles. The highest BCUT2D eigenvalue weighted by Gasteiger charge is 2.27. The van der Waals surface area contributed by atoms with Crippen molar-refractivity contribution in [1.29, 1.82) is 0 Å². The second kappa shape index (κ2) is 3.84. The number of benzene rings is 1. The number of carbonyl (C=O) groups is 1. The summed E-state index contributed by atoms with van der Waals surface area (Å²) < 4.78 is 4.78. The van der Waals surface area contributed by atoms with E-state index in [1.54, 1.807) is 6.20 Å². The highest BCUT2D eigenvalue weighted by atomic mass is 16.5. The van der Waals surface area contributed by atoms with E-state index in [0.717, 1.165) is 10.9 Å². The van der Waals surface area contributed by atoms with Gasteiger partial charge in [0.25, 0.3) is 0 Å². The van der Waals surface area contributed by atoms with Crippen molar-refractivity contribution >= 4 is 16.9 Å². The quantitative estimate of drug-likeness (QED) is 0.740. The van der Waals surface area contributed by atoms with Gasteiger partial charge in [0, 0.05) is 11.6 Å². The molecule has 0 amide bonds. The molecule has 86 valence electrons. The van der Waals surface area contributed by atoms with Crippen molar-refractivity contribution in [3.63, 3.8) is 0 Å². The lowest BCUT2D eigenvalue weighted by molar-refractivity contribution is 0.0601. The molecule has 0 unspecified atom stereocenters. The Morgan fingerprint density at radius 1 is 1.41 bits per heavy atom. The lowest BCUT2D eigenvalue weighted by Crippen LogP contribution is -2.02. The third-order valence-electron chi connectivity index (χ3n) is 3.17. The van der Waals surface area contributed by atoms with Crippen LogP contribution in [0.1, 0.15) is 34.7 Å². The van der Waals surface area contributed by atoms with Gasteiger partial charge >= 0.3 is 5.97 Å². The Balaban J connectivity index is 2.23. The van der Waals surface area contributed by atoms with Crippen LogP contribution in [0.25, 0.3) is 10.9 Å². The highest BCUT2D eigenvalue weighted by molar-refractivity contribution is 5.96. The summed E-state index contributed by atoms with van der Waals surface area (Å²) in [6, 6.07) is 7.65. The Kier molecular flexibility index (Phi) is 2.32. The molecule has 0 aliphatic heterocycles. The van der Waals surface area contributed by atoms with Gasteiger partial charge in [0.2, 0.25) is 0 Å². The molecule has 0 spiro atoms. The van der Waals surface area contributed by atoms with Crippen molar-refractivity contribution in [2.75, 3.05) is 7.11 Å². The molecule has 1 aromatic carbocycles. The van der Waals surface area contributed by atoms with Crippen molar-refractivity contribution in [2.45, 2.75) is 18.8 Å². The van der Waals surface area contributed by atoms with E-state index in [0.29, 0.717) is 11.5 Å². The van der Waals surface area contributed by atoms with E-state index < -0.39 is 0 Å². The second-order valence-corrected chi connectivity index (χ2v) is 4.41. The SMILES string of the molecule is COC(=O)c1cc(C2CC2)c2ncccc2c1. The molecular formula is C14H13NO2. The van der Waals surface area contributed by atoms with Crippen molar-refractivity contribution in [3.8, 4) is 0 Å². The first-order valence-electron chi connectivity index (χ1n) is 5.76. The van der Waals surface area contributed by atoms with Crippen LogP contribution in [0.15, 0.2) is 30.5 Å². The Labute approximate surface area is 99.4 Å². The topological polar surface area (TPSA) is 39.2 Å². The molecule has 1 aliphatic rings. The van der Waals surface area contributed by atoms with Crippen LogP contribution < -0.4 is 0 Å². The summed E-state index contributed by atoms with van der Waals surface area (Å²) in [5, 5.41) is 1.01. The van der Waals surface area contributed by atoms with Crippen LogP contribution in [-0.2, 0) is 4.74 Å². The van der Waals surface area contributed by atoms with Gasteiger partial charge < -0.3 is 4.74 Å². The molecule has 3 rings (SSSR count). The van der Waals surface area contributed by atoms with Gasteiger partial charge in [-0.3, -0.25) is 4.98 Å². The van der Waals surface area contributed by atoms with Crippen LogP contribution in [-0.4, -0.2) is 18.1 Å². The lowest BCUT2D eigenvalue weighted by Gasteiger charge is -2.07. The van der Waals surface area contributed by atoms with E-state index in [1.165, 1.54) is 25.5 Å². The zero-order chi connectivity index (χ0) is 11.8. The number of aromatic nitrogens is 1. The second-order valence-electron chi connectivity index (χ2n) is 4.41. The molecule has 0 saturated heterocycles.